The number of carbonyl (C=O) groups is 2. The van der Waals surface area contributed by atoms with Crippen LogP contribution in [0.2, 0.25) is 0 Å². The molecule has 0 saturated heterocycles. The summed E-state index contributed by atoms with van der Waals surface area (Å²) in [6.45, 7) is 1.27. The lowest BCUT2D eigenvalue weighted by Gasteiger charge is -2.16. The molecule has 0 saturated carbocycles. The number of carbonyl (C=O) groups excluding carboxylic acids is 2. The Labute approximate surface area is 130 Å². The Bertz CT molecular complexity index is 601. The van der Waals surface area contributed by atoms with E-state index in [1.165, 1.54) is 14.0 Å². The van der Waals surface area contributed by atoms with Crippen LogP contribution in [-0.4, -0.2) is 45.7 Å². The molecule has 0 bridgehead atoms. The fourth-order valence-electron chi connectivity index (χ4n) is 1.80. The molecule has 22 heavy (non-hydrogen) atoms. The first-order valence-corrected chi connectivity index (χ1v) is 8.35. The zero-order chi connectivity index (χ0) is 16.6. The van der Waals surface area contributed by atoms with Crippen LogP contribution < -0.4 is 10.0 Å². The van der Waals surface area contributed by atoms with Crippen molar-refractivity contribution in [2.24, 2.45) is 0 Å². The number of rotatable bonds is 8. The minimum atomic E-state index is -3.72. The van der Waals surface area contributed by atoms with Crippen molar-refractivity contribution in [3.63, 3.8) is 0 Å². The van der Waals surface area contributed by atoms with Crippen molar-refractivity contribution in [1.82, 2.24) is 10.0 Å². The molecule has 1 rings (SSSR count). The third-order valence-corrected chi connectivity index (χ3v) is 4.22. The summed E-state index contributed by atoms with van der Waals surface area (Å²) in [6.07, 6.45) is 0.187. The minimum absolute atomic E-state index is 0.0239. The second-order valence-corrected chi connectivity index (χ2v) is 6.56. The van der Waals surface area contributed by atoms with Crippen LogP contribution in [0.3, 0.4) is 0 Å². The van der Waals surface area contributed by atoms with Crippen LogP contribution in [0.1, 0.15) is 12.5 Å². The summed E-state index contributed by atoms with van der Waals surface area (Å²) in [5.41, 5.74) is 0.808. The highest BCUT2D eigenvalue weighted by molar-refractivity contribution is 7.89. The maximum atomic E-state index is 12.0. The first-order chi connectivity index (χ1) is 10.3. The SMILES string of the molecule is COC(=O)[C@H](Cc1ccccc1)NS(=O)(=O)CCNC(C)=O. The summed E-state index contributed by atoms with van der Waals surface area (Å²) in [4.78, 5) is 22.5. The summed E-state index contributed by atoms with van der Waals surface area (Å²) in [5.74, 6) is -1.29. The third-order valence-electron chi connectivity index (χ3n) is 2.83. The molecule has 0 aromatic heterocycles. The van der Waals surface area contributed by atoms with Gasteiger partial charge in [0.15, 0.2) is 0 Å². The zero-order valence-corrected chi connectivity index (χ0v) is 13.4. The van der Waals surface area contributed by atoms with E-state index in [9.17, 15) is 18.0 Å². The number of sulfonamides is 1. The van der Waals surface area contributed by atoms with Gasteiger partial charge in [0.1, 0.15) is 6.04 Å². The summed E-state index contributed by atoms with van der Waals surface area (Å²) < 4.78 is 30.9. The summed E-state index contributed by atoms with van der Waals surface area (Å²) in [6, 6.07) is 8.01. The molecule has 1 atom stereocenters. The second-order valence-electron chi connectivity index (χ2n) is 4.69. The van der Waals surface area contributed by atoms with Crippen LogP contribution in [0.4, 0.5) is 0 Å². The van der Waals surface area contributed by atoms with Crippen LogP contribution >= 0.6 is 0 Å². The fourth-order valence-corrected chi connectivity index (χ4v) is 2.90. The monoisotopic (exact) mass is 328 g/mol. The smallest absolute Gasteiger partial charge is 0.324 e. The first kappa shape index (κ1) is 18.1. The Kier molecular flexibility index (Phi) is 7.00. The minimum Gasteiger partial charge on any atom is -0.468 e. The molecule has 0 fully saturated rings. The Morgan fingerprint density at radius 1 is 1.23 bits per heavy atom. The van der Waals surface area contributed by atoms with Gasteiger partial charge in [-0.1, -0.05) is 30.3 Å². The van der Waals surface area contributed by atoms with Gasteiger partial charge in [-0.3, -0.25) is 9.59 Å². The van der Waals surface area contributed by atoms with Crippen LogP contribution in [0.15, 0.2) is 30.3 Å². The van der Waals surface area contributed by atoms with Crippen molar-refractivity contribution in [2.75, 3.05) is 19.4 Å². The summed E-state index contributed by atoms with van der Waals surface area (Å²) in [5, 5.41) is 2.39. The molecule has 0 aliphatic heterocycles. The molecule has 7 nitrogen and oxygen atoms in total. The van der Waals surface area contributed by atoms with E-state index in [0.717, 1.165) is 5.56 Å². The number of hydrogen-bond donors (Lipinski definition) is 2. The zero-order valence-electron chi connectivity index (χ0n) is 12.5. The van der Waals surface area contributed by atoms with E-state index in [0.29, 0.717) is 0 Å². The molecule has 0 aliphatic carbocycles. The molecule has 1 amide bonds. The Balaban J connectivity index is 2.72. The van der Waals surface area contributed by atoms with Gasteiger partial charge in [0.25, 0.3) is 0 Å². The summed E-state index contributed by atoms with van der Waals surface area (Å²) >= 11 is 0. The van der Waals surface area contributed by atoms with E-state index >= 15 is 0 Å². The highest BCUT2D eigenvalue weighted by Crippen LogP contribution is 2.05. The van der Waals surface area contributed by atoms with E-state index < -0.39 is 22.0 Å². The average Bonchev–Trinajstić information content (AvgIpc) is 2.46. The van der Waals surface area contributed by atoms with Gasteiger partial charge < -0.3 is 10.1 Å². The lowest BCUT2D eigenvalue weighted by atomic mass is 10.1. The van der Waals surface area contributed by atoms with E-state index in [-0.39, 0.29) is 24.6 Å². The second kappa shape index (κ2) is 8.50. The van der Waals surface area contributed by atoms with Gasteiger partial charge in [-0.25, -0.2) is 13.1 Å². The number of amides is 1. The van der Waals surface area contributed by atoms with Crippen LogP contribution in [0.5, 0.6) is 0 Å². The van der Waals surface area contributed by atoms with Gasteiger partial charge in [0.05, 0.1) is 12.9 Å². The molecule has 0 unspecified atom stereocenters. The van der Waals surface area contributed by atoms with E-state index in [4.69, 9.17) is 0 Å². The largest absolute Gasteiger partial charge is 0.468 e. The van der Waals surface area contributed by atoms with Crippen LogP contribution in [-0.2, 0) is 30.8 Å². The molecule has 1 aromatic rings. The third kappa shape index (κ3) is 6.68. The Hall–Kier alpha value is -1.93. The number of methoxy groups -OCH3 is 1. The van der Waals surface area contributed by atoms with Crippen molar-refractivity contribution in [2.45, 2.75) is 19.4 Å². The number of ether oxygens (including phenoxy) is 1. The van der Waals surface area contributed by atoms with Gasteiger partial charge >= 0.3 is 5.97 Å². The van der Waals surface area contributed by atoms with Gasteiger partial charge in [-0.2, -0.15) is 0 Å². The van der Waals surface area contributed by atoms with Gasteiger partial charge in [-0.15, -0.1) is 0 Å². The molecular weight excluding hydrogens is 308 g/mol. The maximum absolute atomic E-state index is 12.0. The molecule has 1 aromatic carbocycles. The highest BCUT2D eigenvalue weighted by atomic mass is 32.2. The Morgan fingerprint density at radius 2 is 1.86 bits per heavy atom. The predicted molar refractivity (Wildman–Crippen MR) is 81.6 cm³/mol. The average molecular weight is 328 g/mol. The topological polar surface area (TPSA) is 102 Å². The lowest BCUT2D eigenvalue weighted by molar-refractivity contribution is -0.142. The van der Waals surface area contributed by atoms with Crippen molar-refractivity contribution in [3.8, 4) is 0 Å². The van der Waals surface area contributed by atoms with Crippen LogP contribution in [0.25, 0.3) is 0 Å². The molecule has 0 aliphatic rings. The number of hydrogen-bond acceptors (Lipinski definition) is 5. The van der Waals surface area contributed by atoms with Crippen molar-refractivity contribution in [3.05, 3.63) is 35.9 Å². The number of benzene rings is 1. The Morgan fingerprint density at radius 3 is 2.41 bits per heavy atom. The summed E-state index contributed by atoms with van der Waals surface area (Å²) in [7, 11) is -2.52. The fraction of sp³-hybridized carbons (Fsp3) is 0.429. The molecule has 8 heteroatoms. The normalized spacial score (nSPS) is 12.5. The maximum Gasteiger partial charge on any atom is 0.324 e. The van der Waals surface area contributed by atoms with E-state index in [2.05, 4.69) is 14.8 Å². The molecule has 0 radical (unpaired) electrons. The van der Waals surface area contributed by atoms with E-state index in [1.807, 2.05) is 6.07 Å². The van der Waals surface area contributed by atoms with Crippen molar-refractivity contribution >= 4 is 21.9 Å². The van der Waals surface area contributed by atoms with Gasteiger partial charge in [0.2, 0.25) is 15.9 Å². The molecular formula is C14H20N2O5S. The predicted octanol–water partition coefficient (Wildman–Crippen LogP) is -0.174. The molecule has 2 N–H and O–H groups in total. The standard InChI is InChI=1S/C14H20N2O5S/c1-11(17)15-8-9-22(19,20)16-13(14(18)21-2)10-12-6-4-3-5-7-12/h3-7,13,16H,8-10H2,1-2H3,(H,15,17)/t13-/m0/s1. The van der Waals surface area contributed by atoms with Crippen LogP contribution in [0, 0.1) is 0 Å². The highest BCUT2D eigenvalue weighted by Gasteiger charge is 2.25. The molecule has 0 heterocycles. The van der Waals surface area contributed by atoms with E-state index in [1.54, 1.807) is 24.3 Å². The van der Waals surface area contributed by atoms with Gasteiger partial charge in [0, 0.05) is 13.5 Å². The number of nitrogens with one attached hydrogen (secondary N) is 2. The first-order valence-electron chi connectivity index (χ1n) is 6.70. The number of esters is 1. The quantitative estimate of drug-likeness (QED) is 0.645. The van der Waals surface area contributed by atoms with Crippen molar-refractivity contribution in [1.29, 1.82) is 0 Å². The van der Waals surface area contributed by atoms with Crippen molar-refractivity contribution < 1.29 is 22.7 Å². The lowest BCUT2D eigenvalue weighted by Crippen LogP contribution is -2.45. The molecule has 122 valence electrons. The molecule has 0 spiro atoms. The van der Waals surface area contributed by atoms with Gasteiger partial charge in [-0.05, 0) is 12.0 Å².